The van der Waals surface area contributed by atoms with Gasteiger partial charge in [0.2, 0.25) is 0 Å². The molecule has 0 aliphatic carbocycles. The van der Waals surface area contributed by atoms with Crippen LogP contribution in [0.25, 0.3) is 81.6 Å². The standard InChI is InChI=1S/C40H25N3S/c1-3-12-26(13-4-1)32-25-33(42-40(41-32)27-14-5-2-6-15-27)28-16-11-17-29(24-28)43-34-20-9-7-18-30(34)38-35(43)22-23-37-39(38)31-19-8-10-21-36(31)44-37/h1-25H. The summed E-state index contributed by atoms with van der Waals surface area (Å²) in [6.07, 6.45) is 0. The van der Waals surface area contributed by atoms with E-state index in [-0.39, 0.29) is 0 Å². The minimum atomic E-state index is 0.718. The van der Waals surface area contributed by atoms with Crippen molar-refractivity contribution in [3.05, 3.63) is 152 Å². The Morgan fingerprint density at radius 2 is 1.09 bits per heavy atom. The van der Waals surface area contributed by atoms with Crippen LogP contribution < -0.4 is 0 Å². The van der Waals surface area contributed by atoms with E-state index >= 15 is 0 Å². The van der Waals surface area contributed by atoms with E-state index in [1.165, 1.54) is 42.0 Å². The number of para-hydroxylation sites is 1. The molecule has 0 atom stereocenters. The topological polar surface area (TPSA) is 30.7 Å². The van der Waals surface area contributed by atoms with Crippen LogP contribution in [0.2, 0.25) is 0 Å². The number of aromatic nitrogens is 3. The SMILES string of the molecule is c1ccc(-c2cc(-c3cccc(-n4c5ccccc5c5c6c(ccc54)sc4ccccc46)c3)nc(-c3ccccc3)n2)cc1. The number of hydrogen-bond donors (Lipinski definition) is 0. The van der Waals surface area contributed by atoms with E-state index < -0.39 is 0 Å². The van der Waals surface area contributed by atoms with Crippen LogP contribution in [0, 0.1) is 0 Å². The van der Waals surface area contributed by atoms with E-state index in [1.54, 1.807) is 0 Å². The minimum Gasteiger partial charge on any atom is -0.309 e. The molecule has 0 fully saturated rings. The Labute approximate surface area is 258 Å². The van der Waals surface area contributed by atoms with Crippen molar-refractivity contribution in [2.24, 2.45) is 0 Å². The molecule has 9 aromatic rings. The number of benzene rings is 6. The van der Waals surface area contributed by atoms with Crippen LogP contribution in [0.15, 0.2) is 152 Å². The average Bonchev–Trinajstić information content (AvgIpc) is 3.64. The molecule has 0 bridgehead atoms. The summed E-state index contributed by atoms with van der Waals surface area (Å²) in [7, 11) is 0. The summed E-state index contributed by atoms with van der Waals surface area (Å²) in [5, 5.41) is 5.23. The van der Waals surface area contributed by atoms with Gasteiger partial charge in [0.1, 0.15) is 0 Å². The quantitative estimate of drug-likeness (QED) is 0.208. The van der Waals surface area contributed by atoms with E-state index in [9.17, 15) is 0 Å². The molecular weight excluding hydrogens is 555 g/mol. The summed E-state index contributed by atoms with van der Waals surface area (Å²) >= 11 is 1.87. The van der Waals surface area contributed by atoms with Gasteiger partial charge in [-0.3, -0.25) is 0 Å². The Bertz CT molecular complexity index is 2430. The molecule has 9 rings (SSSR count). The number of fused-ring (bicyclic) bond motifs is 7. The van der Waals surface area contributed by atoms with E-state index in [2.05, 4.69) is 132 Å². The molecule has 206 valence electrons. The maximum atomic E-state index is 5.10. The zero-order chi connectivity index (χ0) is 29.0. The van der Waals surface area contributed by atoms with Crippen molar-refractivity contribution in [3.8, 4) is 39.6 Å². The number of thiophene rings is 1. The fourth-order valence-corrected chi connectivity index (χ4v) is 7.54. The summed E-state index contributed by atoms with van der Waals surface area (Å²) in [5.74, 6) is 0.718. The summed E-state index contributed by atoms with van der Waals surface area (Å²) in [6, 6.07) is 53.5. The van der Waals surface area contributed by atoms with Gasteiger partial charge in [0.25, 0.3) is 0 Å². The summed E-state index contributed by atoms with van der Waals surface area (Å²) in [6.45, 7) is 0. The van der Waals surface area contributed by atoms with Crippen LogP contribution in [0.4, 0.5) is 0 Å². The van der Waals surface area contributed by atoms with E-state index in [0.29, 0.717) is 0 Å². The third kappa shape index (κ3) is 3.96. The lowest BCUT2D eigenvalue weighted by molar-refractivity contribution is 1.16. The summed E-state index contributed by atoms with van der Waals surface area (Å²) in [4.78, 5) is 10.1. The Morgan fingerprint density at radius 3 is 1.91 bits per heavy atom. The number of hydrogen-bond acceptors (Lipinski definition) is 3. The Balaban J connectivity index is 1.28. The lowest BCUT2D eigenvalue weighted by atomic mass is 10.1. The lowest BCUT2D eigenvalue weighted by Gasteiger charge is -2.12. The predicted octanol–water partition coefficient (Wildman–Crippen LogP) is 10.9. The van der Waals surface area contributed by atoms with Gasteiger partial charge in [0.05, 0.1) is 22.4 Å². The maximum absolute atomic E-state index is 5.10. The molecule has 6 aromatic carbocycles. The second-order valence-corrected chi connectivity index (χ2v) is 12.1. The van der Waals surface area contributed by atoms with Crippen LogP contribution in [-0.4, -0.2) is 14.5 Å². The van der Waals surface area contributed by atoms with Crippen molar-refractivity contribution in [1.29, 1.82) is 0 Å². The first-order chi connectivity index (χ1) is 21.8. The second kappa shape index (κ2) is 10.0. The van der Waals surface area contributed by atoms with Crippen molar-refractivity contribution in [2.45, 2.75) is 0 Å². The fraction of sp³-hybridized carbons (Fsp3) is 0. The predicted molar refractivity (Wildman–Crippen MR) is 186 cm³/mol. The van der Waals surface area contributed by atoms with Crippen LogP contribution in [0.1, 0.15) is 0 Å². The van der Waals surface area contributed by atoms with Gasteiger partial charge in [-0.25, -0.2) is 9.97 Å². The molecule has 0 saturated heterocycles. The molecule has 0 N–H and O–H groups in total. The molecule has 0 unspecified atom stereocenters. The highest BCUT2D eigenvalue weighted by molar-refractivity contribution is 7.26. The highest BCUT2D eigenvalue weighted by Crippen LogP contribution is 2.43. The Morgan fingerprint density at radius 1 is 0.432 bits per heavy atom. The zero-order valence-electron chi connectivity index (χ0n) is 23.7. The second-order valence-electron chi connectivity index (χ2n) is 11.0. The van der Waals surface area contributed by atoms with Crippen LogP contribution in [-0.2, 0) is 0 Å². The molecule has 0 saturated carbocycles. The highest BCUT2D eigenvalue weighted by atomic mass is 32.1. The first-order valence-electron chi connectivity index (χ1n) is 14.8. The van der Waals surface area contributed by atoms with Gasteiger partial charge in [-0.2, -0.15) is 0 Å². The smallest absolute Gasteiger partial charge is 0.160 e. The molecule has 3 nitrogen and oxygen atoms in total. The average molecular weight is 580 g/mol. The molecule has 4 heteroatoms. The van der Waals surface area contributed by atoms with Gasteiger partial charge >= 0.3 is 0 Å². The van der Waals surface area contributed by atoms with Gasteiger partial charge < -0.3 is 4.57 Å². The molecule has 3 aromatic heterocycles. The Kier molecular flexibility index (Phi) is 5.68. The summed E-state index contributed by atoms with van der Waals surface area (Å²) < 4.78 is 5.04. The van der Waals surface area contributed by atoms with Crippen molar-refractivity contribution < 1.29 is 0 Å². The molecule has 0 radical (unpaired) electrons. The van der Waals surface area contributed by atoms with E-state index in [0.717, 1.165) is 39.6 Å². The number of rotatable bonds is 4. The van der Waals surface area contributed by atoms with Gasteiger partial charge in [-0.15, -0.1) is 11.3 Å². The van der Waals surface area contributed by atoms with Gasteiger partial charge in [0, 0.05) is 53.3 Å². The molecule has 0 aliphatic heterocycles. The normalized spacial score (nSPS) is 11.6. The van der Waals surface area contributed by atoms with E-state index in [4.69, 9.17) is 9.97 Å². The van der Waals surface area contributed by atoms with Crippen molar-refractivity contribution in [3.63, 3.8) is 0 Å². The molecule has 3 heterocycles. The molecule has 0 spiro atoms. The van der Waals surface area contributed by atoms with Crippen molar-refractivity contribution in [1.82, 2.24) is 14.5 Å². The molecule has 0 aliphatic rings. The minimum absolute atomic E-state index is 0.718. The van der Waals surface area contributed by atoms with Gasteiger partial charge in [-0.1, -0.05) is 109 Å². The Hall–Kier alpha value is -5.58. The van der Waals surface area contributed by atoms with Crippen LogP contribution in [0.5, 0.6) is 0 Å². The first-order valence-corrected chi connectivity index (χ1v) is 15.6. The third-order valence-corrected chi connectivity index (χ3v) is 9.54. The van der Waals surface area contributed by atoms with Gasteiger partial charge in [0.15, 0.2) is 5.82 Å². The van der Waals surface area contributed by atoms with Gasteiger partial charge in [-0.05, 0) is 42.5 Å². The maximum Gasteiger partial charge on any atom is 0.160 e. The third-order valence-electron chi connectivity index (χ3n) is 8.40. The molecule has 44 heavy (non-hydrogen) atoms. The van der Waals surface area contributed by atoms with Crippen LogP contribution in [0.3, 0.4) is 0 Å². The largest absolute Gasteiger partial charge is 0.309 e. The zero-order valence-corrected chi connectivity index (χ0v) is 24.5. The van der Waals surface area contributed by atoms with Crippen LogP contribution >= 0.6 is 11.3 Å². The molecular formula is C40H25N3S. The first kappa shape index (κ1) is 25.0. The monoisotopic (exact) mass is 579 g/mol. The number of nitrogens with zero attached hydrogens (tertiary/aromatic N) is 3. The fourth-order valence-electron chi connectivity index (χ4n) is 6.43. The van der Waals surface area contributed by atoms with Crippen molar-refractivity contribution >= 4 is 53.3 Å². The van der Waals surface area contributed by atoms with Crippen molar-refractivity contribution in [2.75, 3.05) is 0 Å². The molecule has 0 amide bonds. The van der Waals surface area contributed by atoms with E-state index in [1.807, 2.05) is 35.6 Å². The summed E-state index contributed by atoms with van der Waals surface area (Å²) in [5.41, 5.74) is 8.42. The highest BCUT2D eigenvalue weighted by Gasteiger charge is 2.18. The lowest BCUT2D eigenvalue weighted by Crippen LogP contribution is -1.97.